The number of hydrogen-bond acceptors (Lipinski definition) is 5. The molecular weight excluding hydrogens is 302 g/mol. The maximum atomic E-state index is 12.1. The molecule has 1 N–H and O–H groups in total. The number of aromatic nitrogens is 2. The Morgan fingerprint density at radius 1 is 1.29 bits per heavy atom. The summed E-state index contributed by atoms with van der Waals surface area (Å²) >= 11 is 3.10. The average Bonchev–Trinajstić information content (AvgIpc) is 2.95. The van der Waals surface area contributed by atoms with Gasteiger partial charge in [-0.25, -0.2) is 9.97 Å². The third kappa shape index (κ3) is 4.11. The predicted octanol–water partition coefficient (Wildman–Crippen LogP) is 3.49. The van der Waals surface area contributed by atoms with Crippen LogP contribution in [0.25, 0.3) is 0 Å². The molecule has 0 bridgehead atoms. The summed E-state index contributed by atoms with van der Waals surface area (Å²) in [5.41, 5.74) is 2.00. The molecule has 0 atom stereocenters. The van der Waals surface area contributed by atoms with Gasteiger partial charge in [0.25, 0.3) is 5.91 Å². The molecule has 0 aromatic carbocycles. The van der Waals surface area contributed by atoms with Crippen LogP contribution in [-0.4, -0.2) is 22.4 Å². The third-order valence-electron chi connectivity index (χ3n) is 3.05. The first kappa shape index (κ1) is 16.1. The van der Waals surface area contributed by atoms with Crippen molar-refractivity contribution in [1.29, 1.82) is 0 Å². The molecular formula is C15H21N3OS2. The van der Waals surface area contributed by atoms with Crippen molar-refractivity contribution in [2.24, 2.45) is 0 Å². The van der Waals surface area contributed by atoms with Crippen LogP contribution in [0.15, 0.2) is 5.38 Å². The molecule has 0 aliphatic rings. The Hall–Kier alpha value is -1.27. The number of nitrogens with zero attached hydrogens (tertiary/aromatic N) is 2. The molecule has 0 spiro atoms. The highest BCUT2D eigenvalue weighted by Gasteiger charge is 2.17. The van der Waals surface area contributed by atoms with Crippen LogP contribution in [0.2, 0.25) is 0 Å². The molecule has 0 aliphatic heterocycles. The largest absolute Gasteiger partial charge is 0.351 e. The van der Waals surface area contributed by atoms with Gasteiger partial charge in [-0.2, -0.15) is 0 Å². The average molecular weight is 323 g/mol. The van der Waals surface area contributed by atoms with Crippen LogP contribution in [0.4, 0.5) is 0 Å². The molecule has 0 saturated heterocycles. The minimum absolute atomic E-state index is 0.0364. The Morgan fingerprint density at radius 3 is 2.52 bits per heavy atom. The second-order valence-corrected chi connectivity index (χ2v) is 8.18. The third-order valence-corrected chi connectivity index (χ3v) is 5.03. The highest BCUT2D eigenvalue weighted by atomic mass is 32.1. The summed E-state index contributed by atoms with van der Waals surface area (Å²) in [7, 11) is 0. The van der Waals surface area contributed by atoms with Crippen molar-refractivity contribution in [1.82, 2.24) is 15.3 Å². The summed E-state index contributed by atoms with van der Waals surface area (Å²) in [6.07, 6.45) is 0.767. The van der Waals surface area contributed by atoms with E-state index >= 15 is 0 Å². The topological polar surface area (TPSA) is 54.9 Å². The smallest absolute Gasteiger partial charge is 0.263 e. The van der Waals surface area contributed by atoms with Gasteiger partial charge in [0.05, 0.1) is 21.4 Å². The molecule has 2 heterocycles. The second kappa shape index (κ2) is 6.23. The van der Waals surface area contributed by atoms with Crippen LogP contribution in [-0.2, 0) is 11.8 Å². The van der Waals surface area contributed by atoms with Crippen molar-refractivity contribution in [3.05, 3.63) is 31.7 Å². The Bertz CT molecular complexity index is 638. The van der Waals surface area contributed by atoms with Crippen molar-refractivity contribution < 1.29 is 4.79 Å². The van der Waals surface area contributed by atoms with Crippen molar-refractivity contribution in [3.8, 4) is 0 Å². The Labute approximate surface area is 133 Å². The molecule has 0 fully saturated rings. The van der Waals surface area contributed by atoms with Crippen LogP contribution in [0, 0.1) is 13.8 Å². The first-order valence-electron chi connectivity index (χ1n) is 6.94. The fourth-order valence-corrected chi connectivity index (χ4v) is 3.74. The minimum Gasteiger partial charge on any atom is -0.351 e. The number of aryl methyl sites for hydroxylation is 2. The van der Waals surface area contributed by atoms with E-state index in [0.717, 1.165) is 27.8 Å². The summed E-state index contributed by atoms with van der Waals surface area (Å²) in [6, 6.07) is 0. The van der Waals surface area contributed by atoms with E-state index in [9.17, 15) is 4.79 Å². The van der Waals surface area contributed by atoms with Gasteiger partial charge in [0.15, 0.2) is 0 Å². The normalized spacial score (nSPS) is 11.7. The van der Waals surface area contributed by atoms with Gasteiger partial charge in [-0.15, -0.1) is 22.7 Å². The Kier molecular flexibility index (Phi) is 4.78. The van der Waals surface area contributed by atoms with Gasteiger partial charge in [-0.3, -0.25) is 4.79 Å². The fourth-order valence-electron chi connectivity index (χ4n) is 1.88. The van der Waals surface area contributed by atoms with Crippen molar-refractivity contribution in [2.45, 2.75) is 46.5 Å². The van der Waals surface area contributed by atoms with Crippen molar-refractivity contribution in [2.75, 3.05) is 6.54 Å². The number of carbonyl (C=O) groups excluding carboxylic acids is 1. The first-order valence-corrected chi connectivity index (χ1v) is 8.64. The quantitative estimate of drug-likeness (QED) is 0.937. The number of thiazole rings is 2. The van der Waals surface area contributed by atoms with Gasteiger partial charge in [-0.05, 0) is 13.8 Å². The molecule has 0 saturated carbocycles. The summed E-state index contributed by atoms with van der Waals surface area (Å²) in [6.45, 7) is 10.9. The predicted molar refractivity (Wildman–Crippen MR) is 88.4 cm³/mol. The number of carbonyl (C=O) groups is 1. The van der Waals surface area contributed by atoms with E-state index in [1.807, 2.05) is 13.8 Å². The summed E-state index contributed by atoms with van der Waals surface area (Å²) in [4.78, 5) is 21.7. The molecule has 2 rings (SSSR count). The van der Waals surface area contributed by atoms with E-state index in [-0.39, 0.29) is 11.3 Å². The van der Waals surface area contributed by atoms with E-state index in [2.05, 4.69) is 41.4 Å². The van der Waals surface area contributed by atoms with Crippen LogP contribution in [0.3, 0.4) is 0 Å². The molecule has 114 valence electrons. The molecule has 21 heavy (non-hydrogen) atoms. The van der Waals surface area contributed by atoms with Gasteiger partial charge in [0, 0.05) is 23.8 Å². The Balaban J connectivity index is 1.88. The zero-order valence-electron chi connectivity index (χ0n) is 13.1. The highest BCUT2D eigenvalue weighted by molar-refractivity contribution is 7.13. The molecule has 0 aliphatic carbocycles. The summed E-state index contributed by atoms with van der Waals surface area (Å²) in [5, 5.41) is 7.04. The van der Waals surface area contributed by atoms with E-state index in [1.54, 1.807) is 11.3 Å². The van der Waals surface area contributed by atoms with Gasteiger partial charge < -0.3 is 5.32 Å². The number of rotatable bonds is 4. The molecule has 6 heteroatoms. The van der Waals surface area contributed by atoms with Gasteiger partial charge in [0.1, 0.15) is 4.88 Å². The summed E-state index contributed by atoms with van der Waals surface area (Å²) in [5.74, 6) is -0.0364. The molecule has 0 radical (unpaired) electrons. The van der Waals surface area contributed by atoms with Crippen molar-refractivity contribution in [3.63, 3.8) is 0 Å². The van der Waals surface area contributed by atoms with Gasteiger partial charge in [0.2, 0.25) is 0 Å². The maximum Gasteiger partial charge on any atom is 0.263 e. The molecule has 2 aromatic rings. The first-order chi connectivity index (χ1) is 9.77. The van der Waals surface area contributed by atoms with Crippen LogP contribution < -0.4 is 5.32 Å². The monoisotopic (exact) mass is 323 g/mol. The number of hydrogen-bond donors (Lipinski definition) is 1. The van der Waals surface area contributed by atoms with Crippen LogP contribution >= 0.6 is 22.7 Å². The van der Waals surface area contributed by atoms with Crippen molar-refractivity contribution >= 4 is 28.6 Å². The SMILES string of the molecule is Cc1nc(C)c(C(=O)NCCc2nc(C(C)(C)C)cs2)s1. The highest BCUT2D eigenvalue weighted by Crippen LogP contribution is 2.24. The second-order valence-electron chi connectivity index (χ2n) is 6.03. The lowest BCUT2D eigenvalue weighted by molar-refractivity contribution is 0.0957. The van der Waals surface area contributed by atoms with E-state index in [4.69, 9.17) is 0 Å². The van der Waals surface area contributed by atoms with Crippen LogP contribution in [0.1, 0.15) is 51.8 Å². The van der Waals surface area contributed by atoms with Gasteiger partial charge >= 0.3 is 0 Å². The van der Waals surface area contributed by atoms with Gasteiger partial charge in [-0.1, -0.05) is 20.8 Å². The minimum atomic E-state index is -0.0364. The van der Waals surface area contributed by atoms with Crippen LogP contribution in [0.5, 0.6) is 0 Å². The van der Waals surface area contributed by atoms with E-state index in [1.165, 1.54) is 11.3 Å². The van der Waals surface area contributed by atoms with E-state index in [0.29, 0.717) is 11.4 Å². The summed E-state index contributed by atoms with van der Waals surface area (Å²) < 4.78 is 0. The number of amides is 1. The molecule has 0 unspecified atom stereocenters. The zero-order chi connectivity index (χ0) is 15.6. The number of nitrogens with one attached hydrogen (secondary N) is 1. The lowest BCUT2D eigenvalue weighted by Crippen LogP contribution is -2.25. The molecule has 1 amide bonds. The Morgan fingerprint density at radius 2 is 2.00 bits per heavy atom. The molecule has 2 aromatic heterocycles. The zero-order valence-corrected chi connectivity index (χ0v) is 14.7. The lowest BCUT2D eigenvalue weighted by Gasteiger charge is -2.14. The standard InChI is InChI=1S/C15H21N3OS2/c1-9-13(21-10(2)17-9)14(19)16-7-6-12-18-11(8-20-12)15(3,4)5/h8H,6-7H2,1-5H3,(H,16,19). The maximum absolute atomic E-state index is 12.1. The molecule has 4 nitrogen and oxygen atoms in total. The fraction of sp³-hybridized carbons (Fsp3) is 0.533. The lowest BCUT2D eigenvalue weighted by atomic mass is 9.93. The van der Waals surface area contributed by atoms with E-state index < -0.39 is 0 Å².